The Labute approximate surface area is 120 Å². The van der Waals surface area contributed by atoms with Gasteiger partial charge in [0.2, 0.25) is 0 Å². The molecule has 2 aromatic rings. The zero-order chi connectivity index (χ0) is 15.6. The van der Waals surface area contributed by atoms with E-state index in [0.717, 1.165) is 12.1 Å². The summed E-state index contributed by atoms with van der Waals surface area (Å²) in [7, 11) is -4.15. The van der Waals surface area contributed by atoms with Crippen molar-refractivity contribution in [1.29, 1.82) is 0 Å². The van der Waals surface area contributed by atoms with Crippen molar-refractivity contribution in [2.75, 3.05) is 4.72 Å². The van der Waals surface area contributed by atoms with E-state index < -0.39 is 26.7 Å². The molecule has 7 nitrogen and oxygen atoms in total. The van der Waals surface area contributed by atoms with Crippen LogP contribution in [0.5, 0.6) is 0 Å². The van der Waals surface area contributed by atoms with Gasteiger partial charge < -0.3 is 5.11 Å². The Morgan fingerprint density at radius 1 is 1.48 bits per heavy atom. The lowest BCUT2D eigenvalue weighted by Gasteiger charge is -2.07. The first-order valence-electron chi connectivity index (χ1n) is 5.91. The summed E-state index contributed by atoms with van der Waals surface area (Å²) in [4.78, 5) is 10.1. The fourth-order valence-electron chi connectivity index (χ4n) is 1.65. The molecule has 1 aromatic heterocycles. The van der Waals surface area contributed by atoms with Gasteiger partial charge in [-0.25, -0.2) is 17.6 Å². The summed E-state index contributed by atoms with van der Waals surface area (Å²) in [6.45, 7) is 2.39. The maximum absolute atomic E-state index is 13.8. The molecule has 112 valence electrons. The van der Waals surface area contributed by atoms with Crippen LogP contribution in [0.15, 0.2) is 35.5 Å². The van der Waals surface area contributed by atoms with Gasteiger partial charge in [-0.15, -0.1) is 0 Å². The van der Waals surface area contributed by atoms with E-state index in [1.807, 2.05) is 6.92 Å². The van der Waals surface area contributed by atoms with Gasteiger partial charge in [0, 0.05) is 12.7 Å². The first-order chi connectivity index (χ1) is 9.83. The molecule has 2 rings (SSSR count). The van der Waals surface area contributed by atoms with Crippen LogP contribution in [-0.4, -0.2) is 29.3 Å². The predicted molar refractivity (Wildman–Crippen MR) is 72.1 cm³/mol. The van der Waals surface area contributed by atoms with E-state index in [2.05, 4.69) is 9.82 Å². The third kappa shape index (κ3) is 3.19. The molecule has 0 saturated heterocycles. The molecule has 0 radical (unpaired) electrons. The molecule has 0 aliphatic heterocycles. The number of benzene rings is 1. The van der Waals surface area contributed by atoms with Crippen molar-refractivity contribution in [3.63, 3.8) is 0 Å². The van der Waals surface area contributed by atoms with E-state index >= 15 is 0 Å². The van der Waals surface area contributed by atoms with Gasteiger partial charge in [0.25, 0.3) is 10.0 Å². The van der Waals surface area contributed by atoms with Crippen molar-refractivity contribution in [2.45, 2.75) is 18.4 Å². The van der Waals surface area contributed by atoms with E-state index in [9.17, 15) is 17.6 Å². The van der Waals surface area contributed by atoms with E-state index in [1.165, 1.54) is 17.1 Å². The number of aromatic nitrogens is 2. The molecule has 1 heterocycles. The van der Waals surface area contributed by atoms with Crippen LogP contribution in [-0.2, 0) is 16.6 Å². The third-order valence-corrected chi connectivity index (χ3v) is 4.09. The lowest BCUT2D eigenvalue weighted by atomic mass is 10.2. The highest BCUT2D eigenvalue weighted by Gasteiger charge is 2.21. The molecule has 0 saturated carbocycles. The molecule has 1 aromatic carbocycles. The highest BCUT2D eigenvalue weighted by molar-refractivity contribution is 7.92. The van der Waals surface area contributed by atoms with Gasteiger partial charge in [-0.05, 0) is 25.1 Å². The topological polar surface area (TPSA) is 101 Å². The maximum Gasteiger partial charge on any atom is 0.335 e. The minimum Gasteiger partial charge on any atom is -0.478 e. The van der Waals surface area contributed by atoms with Crippen LogP contribution in [0.2, 0.25) is 0 Å². The van der Waals surface area contributed by atoms with Gasteiger partial charge in [0.15, 0.2) is 0 Å². The first kappa shape index (κ1) is 15.0. The molecular weight excluding hydrogens is 301 g/mol. The number of nitrogens with one attached hydrogen (secondary N) is 1. The molecule has 0 aliphatic rings. The van der Waals surface area contributed by atoms with Crippen LogP contribution in [0, 0.1) is 5.82 Å². The van der Waals surface area contributed by atoms with Crippen LogP contribution >= 0.6 is 0 Å². The van der Waals surface area contributed by atoms with E-state index in [-0.39, 0.29) is 11.3 Å². The predicted octanol–water partition coefficient (Wildman–Crippen LogP) is 1.54. The Morgan fingerprint density at radius 2 is 2.19 bits per heavy atom. The number of anilines is 1. The summed E-state index contributed by atoms with van der Waals surface area (Å²) < 4.78 is 41.6. The van der Waals surface area contributed by atoms with Crippen LogP contribution in [0.1, 0.15) is 17.3 Å². The zero-order valence-corrected chi connectivity index (χ0v) is 11.8. The number of aromatic carboxylic acids is 1. The van der Waals surface area contributed by atoms with Crippen molar-refractivity contribution in [1.82, 2.24) is 9.78 Å². The van der Waals surface area contributed by atoms with Crippen LogP contribution in [0.3, 0.4) is 0 Å². The molecule has 0 unspecified atom stereocenters. The molecule has 0 aliphatic carbocycles. The first-order valence-corrected chi connectivity index (χ1v) is 7.40. The highest BCUT2D eigenvalue weighted by Crippen LogP contribution is 2.19. The van der Waals surface area contributed by atoms with Crippen molar-refractivity contribution in [3.05, 3.63) is 42.0 Å². The standard InChI is InChI=1S/C12H12FN3O4S/c1-2-16-7-9(6-14-16)15-21(19,20)11-4-3-8(12(17)18)5-10(11)13/h3-7,15H,2H2,1H3,(H,17,18). The molecule has 0 amide bonds. The summed E-state index contributed by atoms with van der Waals surface area (Å²) in [5.41, 5.74) is -0.135. The number of hydrogen-bond acceptors (Lipinski definition) is 4. The number of rotatable bonds is 5. The number of carboxylic acid groups (broad SMARTS) is 1. The molecule has 0 atom stereocenters. The summed E-state index contributed by atoms with van der Waals surface area (Å²) in [5.74, 6) is -2.47. The lowest BCUT2D eigenvalue weighted by Crippen LogP contribution is -2.15. The van der Waals surface area contributed by atoms with Gasteiger partial charge in [-0.3, -0.25) is 9.40 Å². The average Bonchev–Trinajstić information content (AvgIpc) is 2.85. The number of carbonyl (C=O) groups is 1. The molecule has 0 bridgehead atoms. The summed E-state index contributed by atoms with van der Waals surface area (Å²) in [6, 6.07) is 2.59. The Balaban J connectivity index is 2.33. The fraction of sp³-hybridized carbons (Fsp3) is 0.167. The van der Waals surface area contributed by atoms with Crippen LogP contribution in [0.4, 0.5) is 10.1 Å². The summed E-state index contributed by atoms with van der Waals surface area (Å²) >= 11 is 0. The molecule has 9 heteroatoms. The van der Waals surface area contributed by atoms with Crippen LogP contribution < -0.4 is 4.72 Å². The van der Waals surface area contributed by atoms with Crippen molar-refractivity contribution in [3.8, 4) is 0 Å². The van der Waals surface area contributed by atoms with Crippen molar-refractivity contribution in [2.24, 2.45) is 0 Å². The highest BCUT2D eigenvalue weighted by atomic mass is 32.2. The number of carboxylic acids is 1. The minimum atomic E-state index is -4.15. The average molecular weight is 313 g/mol. The quantitative estimate of drug-likeness (QED) is 0.872. The van der Waals surface area contributed by atoms with E-state index in [0.29, 0.717) is 12.6 Å². The largest absolute Gasteiger partial charge is 0.478 e. The second-order valence-corrected chi connectivity index (χ2v) is 5.79. The van der Waals surface area contributed by atoms with Gasteiger partial charge in [0.05, 0.1) is 17.4 Å². The Bertz CT molecular complexity index is 786. The van der Waals surface area contributed by atoms with Gasteiger partial charge in [-0.2, -0.15) is 5.10 Å². The van der Waals surface area contributed by atoms with E-state index in [1.54, 1.807) is 0 Å². The number of nitrogens with zero attached hydrogens (tertiary/aromatic N) is 2. The fourth-order valence-corrected chi connectivity index (χ4v) is 2.74. The van der Waals surface area contributed by atoms with Gasteiger partial charge >= 0.3 is 5.97 Å². The van der Waals surface area contributed by atoms with E-state index in [4.69, 9.17) is 5.11 Å². The number of halogens is 1. The van der Waals surface area contributed by atoms with Gasteiger partial charge in [-0.1, -0.05) is 0 Å². The Morgan fingerprint density at radius 3 is 2.71 bits per heavy atom. The molecular formula is C12H12FN3O4S. The lowest BCUT2D eigenvalue weighted by molar-refractivity contribution is 0.0696. The third-order valence-electron chi connectivity index (χ3n) is 2.68. The second kappa shape index (κ2) is 5.52. The van der Waals surface area contributed by atoms with Crippen molar-refractivity contribution >= 4 is 21.7 Å². The number of hydrogen-bond donors (Lipinski definition) is 2. The van der Waals surface area contributed by atoms with Crippen molar-refractivity contribution < 1.29 is 22.7 Å². The second-order valence-electron chi connectivity index (χ2n) is 4.14. The molecule has 21 heavy (non-hydrogen) atoms. The van der Waals surface area contributed by atoms with Crippen LogP contribution in [0.25, 0.3) is 0 Å². The monoisotopic (exact) mass is 313 g/mol. The normalized spacial score (nSPS) is 11.3. The number of aryl methyl sites for hydroxylation is 1. The summed E-state index contributed by atoms with van der Waals surface area (Å²) in [5, 5.41) is 12.6. The number of sulfonamides is 1. The van der Waals surface area contributed by atoms with Gasteiger partial charge in [0.1, 0.15) is 10.7 Å². The zero-order valence-electron chi connectivity index (χ0n) is 10.9. The molecule has 0 fully saturated rings. The molecule has 0 spiro atoms. The Kier molecular flexibility index (Phi) is 3.94. The minimum absolute atomic E-state index is 0.193. The smallest absolute Gasteiger partial charge is 0.335 e. The maximum atomic E-state index is 13.8. The Hall–Kier alpha value is -2.42. The SMILES string of the molecule is CCn1cc(NS(=O)(=O)c2ccc(C(=O)O)cc2F)cn1. The summed E-state index contributed by atoms with van der Waals surface area (Å²) in [6.07, 6.45) is 2.76. The molecule has 2 N–H and O–H groups in total.